The number of carboxylic acid groups (broad SMARTS) is 1. The molecule has 2 rings (SSSR count). The van der Waals surface area contributed by atoms with Crippen molar-refractivity contribution in [2.24, 2.45) is 0 Å². The Morgan fingerprint density at radius 3 is 2.53 bits per heavy atom. The van der Waals surface area contributed by atoms with Gasteiger partial charge >= 0.3 is 12.0 Å². The topological polar surface area (TPSA) is 86.7 Å². The summed E-state index contributed by atoms with van der Waals surface area (Å²) in [4.78, 5) is 35.4. The van der Waals surface area contributed by atoms with Gasteiger partial charge in [0.25, 0.3) is 5.91 Å². The Balaban J connectivity index is 2.14. The maximum absolute atomic E-state index is 12.1. The number of nitrogens with one attached hydrogen (secondary N) is 1. The van der Waals surface area contributed by atoms with Gasteiger partial charge in [-0.25, -0.2) is 9.69 Å². The molecule has 1 atom stereocenters. The van der Waals surface area contributed by atoms with Gasteiger partial charge in [0.05, 0.1) is 5.69 Å². The summed E-state index contributed by atoms with van der Waals surface area (Å²) in [5, 5.41) is 11.1. The third-order valence-electron chi connectivity index (χ3n) is 2.96. The van der Waals surface area contributed by atoms with E-state index in [0.717, 1.165) is 10.5 Å². The van der Waals surface area contributed by atoms with Gasteiger partial charge in [0.2, 0.25) is 0 Å². The Hall–Kier alpha value is -2.37. The number of aryl methyl sites for hydroxylation is 1. The Labute approximate surface area is 110 Å². The minimum absolute atomic E-state index is 0.0995. The molecule has 1 saturated heterocycles. The molecule has 1 aliphatic rings. The lowest BCUT2D eigenvalue weighted by molar-refractivity contribution is -0.137. The molecule has 1 aromatic rings. The van der Waals surface area contributed by atoms with Gasteiger partial charge in [-0.15, -0.1) is 0 Å². The molecule has 0 radical (unpaired) electrons. The Kier molecular flexibility index (Phi) is 3.50. The zero-order chi connectivity index (χ0) is 14.0. The van der Waals surface area contributed by atoms with Crippen LogP contribution in [-0.2, 0) is 9.59 Å². The van der Waals surface area contributed by atoms with Gasteiger partial charge in [-0.3, -0.25) is 9.59 Å². The first-order valence-corrected chi connectivity index (χ1v) is 5.92. The third kappa shape index (κ3) is 2.73. The van der Waals surface area contributed by atoms with Crippen molar-refractivity contribution in [3.63, 3.8) is 0 Å². The zero-order valence-electron chi connectivity index (χ0n) is 10.4. The molecular weight excluding hydrogens is 248 g/mol. The number of anilines is 1. The van der Waals surface area contributed by atoms with Crippen molar-refractivity contribution in [1.82, 2.24) is 5.32 Å². The minimum atomic E-state index is -0.990. The van der Waals surface area contributed by atoms with Gasteiger partial charge in [-0.05, 0) is 25.5 Å². The number of aliphatic carboxylic acids is 1. The second-order valence-electron chi connectivity index (χ2n) is 4.44. The summed E-state index contributed by atoms with van der Waals surface area (Å²) < 4.78 is 0. The lowest BCUT2D eigenvalue weighted by Gasteiger charge is -2.13. The molecule has 0 aliphatic carbocycles. The van der Waals surface area contributed by atoms with Gasteiger partial charge in [-0.2, -0.15) is 0 Å². The Morgan fingerprint density at radius 1 is 1.32 bits per heavy atom. The monoisotopic (exact) mass is 262 g/mol. The van der Waals surface area contributed by atoms with Gasteiger partial charge in [0.15, 0.2) is 0 Å². The Morgan fingerprint density at radius 2 is 1.95 bits per heavy atom. The average Bonchev–Trinajstić information content (AvgIpc) is 2.63. The first-order valence-electron chi connectivity index (χ1n) is 5.92. The van der Waals surface area contributed by atoms with E-state index in [9.17, 15) is 14.4 Å². The van der Waals surface area contributed by atoms with Crippen LogP contribution in [0, 0.1) is 6.92 Å². The van der Waals surface area contributed by atoms with Crippen LogP contribution in [0.15, 0.2) is 24.3 Å². The van der Waals surface area contributed by atoms with E-state index in [1.807, 2.05) is 6.92 Å². The number of benzene rings is 1. The molecule has 1 aromatic carbocycles. The number of rotatable bonds is 4. The second-order valence-corrected chi connectivity index (χ2v) is 4.44. The van der Waals surface area contributed by atoms with Gasteiger partial charge < -0.3 is 10.4 Å². The van der Waals surface area contributed by atoms with Crippen molar-refractivity contribution >= 4 is 23.6 Å². The van der Waals surface area contributed by atoms with E-state index in [0.29, 0.717) is 5.69 Å². The lowest BCUT2D eigenvalue weighted by Crippen LogP contribution is -2.31. The first kappa shape index (κ1) is 13.1. The summed E-state index contributed by atoms with van der Waals surface area (Å²) in [7, 11) is 0. The normalized spacial score (nSPS) is 18.6. The van der Waals surface area contributed by atoms with E-state index in [2.05, 4.69) is 5.32 Å². The number of carbonyl (C=O) groups is 3. The quantitative estimate of drug-likeness (QED) is 0.800. The number of hydrogen-bond acceptors (Lipinski definition) is 3. The predicted molar refractivity (Wildman–Crippen MR) is 67.9 cm³/mol. The second kappa shape index (κ2) is 5.09. The molecule has 19 heavy (non-hydrogen) atoms. The van der Waals surface area contributed by atoms with E-state index < -0.39 is 23.9 Å². The summed E-state index contributed by atoms with van der Waals surface area (Å²) >= 11 is 0. The van der Waals surface area contributed by atoms with Gasteiger partial charge in [-0.1, -0.05) is 17.7 Å². The maximum Gasteiger partial charge on any atom is 0.329 e. The molecule has 0 bridgehead atoms. The van der Waals surface area contributed by atoms with Crippen molar-refractivity contribution in [3.8, 4) is 0 Å². The van der Waals surface area contributed by atoms with Crippen molar-refractivity contribution in [1.29, 1.82) is 0 Å². The molecule has 3 amide bonds. The molecule has 1 aliphatic heterocycles. The largest absolute Gasteiger partial charge is 0.481 e. The van der Waals surface area contributed by atoms with E-state index >= 15 is 0 Å². The van der Waals surface area contributed by atoms with E-state index in [-0.39, 0.29) is 12.8 Å². The van der Waals surface area contributed by atoms with Crippen LogP contribution in [0.3, 0.4) is 0 Å². The van der Waals surface area contributed by atoms with E-state index in [4.69, 9.17) is 5.11 Å². The molecule has 0 saturated carbocycles. The number of urea groups is 1. The number of carboxylic acids is 1. The molecule has 2 N–H and O–H groups in total. The molecule has 6 heteroatoms. The molecule has 0 unspecified atom stereocenters. The molecular formula is C13H14N2O4. The van der Waals surface area contributed by atoms with Gasteiger partial charge in [0, 0.05) is 6.42 Å². The molecule has 0 spiro atoms. The number of amides is 3. The van der Waals surface area contributed by atoms with Crippen LogP contribution in [0.25, 0.3) is 0 Å². The molecule has 1 fully saturated rings. The SMILES string of the molecule is Cc1ccc(N2C(=O)N[C@@H](CCC(=O)O)C2=O)cc1. The maximum atomic E-state index is 12.1. The van der Waals surface area contributed by atoms with Crippen LogP contribution in [0.2, 0.25) is 0 Å². The highest BCUT2D eigenvalue weighted by atomic mass is 16.4. The number of hydrogen-bond donors (Lipinski definition) is 2. The summed E-state index contributed by atoms with van der Waals surface area (Å²) in [5.74, 6) is -1.40. The number of carbonyl (C=O) groups excluding carboxylic acids is 2. The lowest BCUT2D eigenvalue weighted by atomic mass is 10.1. The molecule has 1 heterocycles. The fraction of sp³-hybridized carbons (Fsp3) is 0.308. The van der Waals surface area contributed by atoms with Gasteiger partial charge in [0.1, 0.15) is 6.04 Å². The van der Waals surface area contributed by atoms with Crippen LogP contribution in [-0.4, -0.2) is 29.1 Å². The molecule has 0 aromatic heterocycles. The summed E-state index contributed by atoms with van der Waals surface area (Å²) in [6, 6.07) is 5.72. The van der Waals surface area contributed by atoms with Crippen LogP contribution in [0.4, 0.5) is 10.5 Å². The fourth-order valence-corrected chi connectivity index (χ4v) is 1.93. The summed E-state index contributed by atoms with van der Waals surface area (Å²) in [6.45, 7) is 1.91. The highest BCUT2D eigenvalue weighted by Gasteiger charge is 2.38. The van der Waals surface area contributed by atoms with E-state index in [1.54, 1.807) is 24.3 Å². The minimum Gasteiger partial charge on any atom is -0.481 e. The Bertz CT molecular complexity index is 524. The van der Waals surface area contributed by atoms with Crippen molar-refractivity contribution in [2.45, 2.75) is 25.8 Å². The average molecular weight is 262 g/mol. The van der Waals surface area contributed by atoms with Crippen LogP contribution >= 0.6 is 0 Å². The third-order valence-corrected chi connectivity index (χ3v) is 2.96. The predicted octanol–water partition coefficient (Wildman–Crippen LogP) is 1.28. The smallest absolute Gasteiger partial charge is 0.329 e. The van der Waals surface area contributed by atoms with Crippen molar-refractivity contribution in [2.75, 3.05) is 4.90 Å². The van der Waals surface area contributed by atoms with Crippen molar-refractivity contribution < 1.29 is 19.5 Å². The summed E-state index contributed by atoms with van der Waals surface area (Å²) in [5.41, 5.74) is 1.52. The number of imide groups is 1. The molecule has 6 nitrogen and oxygen atoms in total. The summed E-state index contributed by atoms with van der Waals surface area (Å²) in [6.07, 6.45) is -0.0549. The highest BCUT2D eigenvalue weighted by Crippen LogP contribution is 2.21. The first-order chi connectivity index (χ1) is 8.99. The zero-order valence-corrected chi connectivity index (χ0v) is 10.4. The van der Waals surface area contributed by atoms with Crippen LogP contribution < -0.4 is 10.2 Å². The van der Waals surface area contributed by atoms with E-state index in [1.165, 1.54) is 0 Å². The fourth-order valence-electron chi connectivity index (χ4n) is 1.93. The number of nitrogens with zero attached hydrogens (tertiary/aromatic N) is 1. The van der Waals surface area contributed by atoms with Crippen molar-refractivity contribution in [3.05, 3.63) is 29.8 Å². The standard InChI is InChI=1S/C13H14N2O4/c1-8-2-4-9(5-3-8)15-12(18)10(14-13(15)19)6-7-11(16)17/h2-5,10H,6-7H2,1H3,(H,14,19)(H,16,17)/t10-/m0/s1. The molecule has 100 valence electrons. The highest BCUT2D eigenvalue weighted by molar-refractivity contribution is 6.21. The van der Waals surface area contributed by atoms with Crippen LogP contribution in [0.1, 0.15) is 18.4 Å². The van der Waals surface area contributed by atoms with Crippen LogP contribution in [0.5, 0.6) is 0 Å².